The van der Waals surface area contributed by atoms with Crippen LogP contribution >= 0.6 is 27.3 Å². The summed E-state index contributed by atoms with van der Waals surface area (Å²) in [5.41, 5.74) is 2.57. The largest absolute Gasteiger partial charge is 0.340 e. The van der Waals surface area contributed by atoms with Gasteiger partial charge in [0.2, 0.25) is 0 Å². The summed E-state index contributed by atoms with van der Waals surface area (Å²) in [5.74, 6) is 2.60. The fourth-order valence-electron chi connectivity index (χ4n) is 3.46. The molecule has 1 aromatic carbocycles. The van der Waals surface area contributed by atoms with Crippen molar-refractivity contribution in [2.45, 2.75) is 44.4 Å². The molecule has 2 aliphatic carbocycles. The predicted molar refractivity (Wildman–Crippen MR) is 103 cm³/mol. The Hall–Kier alpha value is -1.46. The molecule has 1 N–H and O–H groups in total. The van der Waals surface area contributed by atoms with E-state index in [0.29, 0.717) is 5.92 Å². The lowest BCUT2D eigenvalue weighted by Crippen LogP contribution is -2.03. The van der Waals surface area contributed by atoms with E-state index in [1.165, 1.54) is 52.8 Å². The van der Waals surface area contributed by atoms with Gasteiger partial charge in [0.25, 0.3) is 0 Å². The maximum atomic E-state index is 4.93. The first-order valence-electron chi connectivity index (χ1n) is 8.63. The molecule has 3 aromatic rings. The molecule has 0 saturated heterocycles. The summed E-state index contributed by atoms with van der Waals surface area (Å²) in [6.07, 6.45) is 7.41. The van der Waals surface area contributed by atoms with Crippen LogP contribution in [0.3, 0.4) is 0 Å². The van der Waals surface area contributed by atoms with Gasteiger partial charge in [-0.15, -0.1) is 11.3 Å². The molecule has 3 nitrogen and oxygen atoms in total. The SMILES string of the molecule is Brc1ccc(Nc2nc(C3CC3)nc3sc4c(c23)CCCC4)cc1. The molecule has 0 radical (unpaired) electrons. The number of thiophene rings is 1. The van der Waals surface area contributed by atoms with E-state index in [9.17, 15) is 0 Å². The quantitative estimate of drug-likeness (QED) is 0.590. The molecular weight excluding hydrogens is 382 g/mol. The normalized spacial score (nSPS) is 17.0. The van der Waals surface area contributed by atoms with Crippen LogP contribution in [0.4, 0.5) is 11.5 Å². The van der Waals surface area contributed by atoms with Crippen molar-refractivity contribution in [3.05, 3.63) is 45.0 Å². The van der Waals surface area contributed by atoms with Crippen LogP contribution in [-0.4, -0.2) is 9.97 Å². The molecule has 122 valence electrons. The van der Waals surface area contributed by atoms with E-state index in [-0.39, 0.29) is 0 Å². The zero-order valence-corrected chi connectivity index (χ0v) is 15.7. The molecule has 1 saturated carbocycles. The first-order valence-corrected chi connectivity index (χ1v) is 10.2. The third-order valence-corrected chi connectivity index (χ3v) is 6.60. The van der Waals surface area contributed by atoms with Crippen molar-refractivity contribution in [2.24, 2.45) is 0 Å². The smallest absolute Gasteiger partial charge is 0.143 e. The van der Waals surface area contributed by atoms with Crippen LogP contribution < -0.4 is 5.32 Å². The van der Waals surface area contributed by atoms with Crippen LogP contribution in [0.5, 0.6) is 0 Å². The summed E-state index contributed by atoms with van der Waals surface area (Å²) >= 11 is 5.39. The van der Waals surface area contributed by atoms with Gasteiger partial charge in [-0.3, -0.25) is 0 Å². The van der Waals surface area contributed by atoms with Crippen molar-refractivity contribution >= 4 is 49.0 Å². The zero-order chi connectivity index (χ0) is 16.1. The Kier molecular flexibility index (Phi) is 3.60. The molecule has 0 amide bonds. The molecule has 1 fully saturated rings. The highest BCUT2D eigenvalue weighted by Crippen LogP contribution is 2.43. The van der Waals surface area contributed by atoms with E-state index in [1.54, 1.807) is 0 Å². The number of rotatable bonds is 3. The van der Waals surface area contributed by atoms with Gasteiger partial charge < -0.3 is 5.32 Å². The molecule has 0 spiro atoms. The maximum Gasteiger partial charge on any atom is 0.143 e. The number of fused-ring (bicyclic) bond motifs is 3. The lowest BCUT2D eigenvalue weighted by molar-refractivity contribution is 0.700. The van der Waals surface area contributed by atoms with Crippen molar-refractivity contribution < 1.29 is 0 Å². The van der Waals surface area contributed by atoms with Gasteiger partial charge in [-0.05, 0) is 68.4 Å². The highest BCUT2D eigenvalue weighted by atomic mass is 79.9. The monoisotopic (exact) mass is 399 g/mol. The molecule has 0 aliphatic heterocycles. The summed E-state index contributed by atoms with van der Waals surface area (Å²) in [4.78, 5) is 12.6. The van der Waals surface area contributed by atoms with Gasteiger partial charge in [-0.2, -0.15) is 0 Å². The Morgan fingerprint density at radius 1 is 1.04 bits per heavy atom. The Morgan fingerprint density at radius 2 is 1.83 bits per heavy atom. The van der Waals surface area contributed by atoms with E-state index in [1.807, 2.05) is 11.3 Å². The predicted octanol–water partition coefficient (Wildman–Crippen LogP) is 5.95. The van der Waals surface area contributed by atoms with Crippen LogP contribution in [0.2, 0.25) is 0 Å². The number of hydrogen-bond donors (Lipinski definition) is 1. The Bertz CT molecular complexity index is 913. The fourth-order valence-corrected chi connectivity index (χ4v) is 4.99. The second-order valence-corrected chi connectivity index (χ2v) is 8.73. The van der Waals surface area contributed by atoms with Crippen molar-refractivity contribution in [3.8, 4) is 0 Å². The highest BCUT2D eigenvalue weighted by Gasteiger charge is 2.29. The van der Waals surface area contributed by atoms with Gasteiger partial charge in [-0.1, -0.05) is 15.9 Å². The Balaban J connectivity index is 1.66. The molecule has 5 heteroatoms. The van der Waals surface area contributed by atoms with E-state index < -0.39 is 0 Å². The summed E-state index contributed by atoms with van der Waals surface area (Å²) in [6, 6.07) is 8.30. The van der Waals surface area contributed by atoms with Gasteiger partial charge in [0.15, 0.2) is 0 Å². The molecule has 2 aromatic heterocycles. The van der Waals surface area contributed by atoms with Gasteiger partial charge in [-0.25, -0.2) is 9.97 Å². The maximum absolute atomic E-state index is 4.93. The van der Waals surface area contributed by atoms with Gasteiger partial charge >= 0.3 is 0 Å². The molecule has 0 atom stereocenters. The minimum Gasteiger partial charge on any atom is -0.340 e. The lowest BCUT2D eigenvalue weighted by atomic mass is 9.97. The number of anilines is 2. The van der Waals surface area contributed by atoms with Gasteiger partial charge in [0.1, 0.15) is 16.5 Å². The number of halogens is 1. The first-order chi connectivity index (χ1) is 11.8. The van der Waals surface area contributed by atoms with E-state index in [0.717, 1.165) is 28.2 Å². The number of nitrogens with zero attached hydrogens (tertiary/aromatic N) is 2. The van der Waals surface area contributed by atoms with Gasteiger partial charge in [0.05, 0.1) is 5.39 Å². The summed E-state index contributed by atoms with van der Waals surface area (Å²) in [6.45, 7) is 0. The number of aryl methyl sites for hydroxylation is 2. The lowest BCUT2D eigenvalue weighted by Gasteiger charge is -2.13. The van der Waals surface area contributed by atoms with Crippen LogP contribution in [0.1, 0.15) is 47.9 Å². The number of nitrogens with one attached hydrogen (secondary N) is 1. The van der Waals surface area contributed by atoms with E-state index >= 15 is 0 Å². The van der Waals surface area contributed by atoms with Crippen LogP contribution in [-0.2, 0) is 12.8 Å². The molecule has 5 rings (SSSR count). The third kappa shape index (κ3) is 2.64. The average Bonchev–Trinajstić information content (AvgIpc) is 3.37. The number of benzene rings is 1. The van der Waals surface area contributed by atoms with E-state index in [4.69, 9.17) is 9.97 Å². The topological polar surface area (TPSA) is 37.8 Å². The minimum absolute atomic E-state index is 0.569. The van der Waals surface area contributed by atoms with Crippen molar-refractivity contribution in [2.75, 3.05) is 5.32 Å². The second kappa shape index (κ2) is 5.81. The zero-order valence-electron chi connectivity index (χ0n) is 13.3. The third-order valence-electron chi connectivity index (χ3n) is 4.88. The fraction of sp³-hybridized carbons (Fsp3) is 0.368. The van der Waals surface area contributed by atoms with Crippen molar-refractivity contribution in [3.63, 3.8) is 0 Å². The Morgan fingerprint density at radius 3 is 2.62 bits per heavy atom. The summed E-state index contributed by atoms with van der Waals surface area (Å²) in [7, 11) is 0. The molecule has 24 heavy (non-hydrogen) atoms. The molecule has 2 heterocycles. The van der Waals surface area contributed by atoms with Gasteiger partial charge in [0, 0.05) is 21.0 Å². The molecule has 0 unspecified atom stereocenters. The molecule has 2 aliphatic rings. The molecular formula is C19H18BrN3S. The Labute approximate surface area is 153 Å². The number of aromatic nitrogens is 2. The minimum atomic E-state index is 0.569. The second-order valence-electron chi connectivity index (χ2n) is 6.73. The summed E-state index contributed by atoms with van der Waals surface area (Å²) < 4.78 is 1.09. The highest BCUT2D eigenvalue weighted by molar-refractivity contribution is 9.10. The summed E-state index contributed by atoms with van der Waals surface area (Å²) in [5, 5.41) is 4.83. The van der Waals surface area contributed by atoms with Crippen molar-refractivity contribution in [1.82, 2.24) is 9.97 Å². The average molecular weight is 400 g/mol. The van der Waals surface area contributed by atoms with Crippen LogP contribution in [0, 0.1) is 0 Å². The molecule has 0 bridgehead atoms. The first kappa shape index (κ1) is 14.8. The van der Waals surface area contributed by atoms with Crippen LogP contribution in [0.15, 0.2) is 28.7 Å². The standard InChI is InChI=1S/C19H18BrN3S/c20-12-7-9-13(10-8-12)21-18-16-14-3-1-2-4-15(14)24-19(16)23-17(22-18)11-5-6-11/h7-11H,1-6H2,(H,21,22,23). The van der Waals surface area contributed by atoms with Crippen LogP contribution in [0.25, 0.3) is 10.2 Å². The van der Waals surface area contributed by atoms with E-state index in [2.05, 4.69) is 45.5 Å². The van der Waals surface area contributed by atoms with Crippen molar-refractivity contribution in [1.29, 1.82) is 0 Å². The number of hydrogen-bond acceptors (Lipinski definition) is 4.